The van der Waals surface area contributed by atoms with Crippen LogP contribution in [0.15, 0.2) is 29.4 Å². The van der Waals surface area contributed by atoms with E-state index in [1.54, 1.807) is 4.68 Å². The average molecular weight is 425 g/mol. The maximum Gasteiger partial charge on any atom is 0.235 e. The van der Waals surface area contributed by atoms with Crippen molar-refractivity contribution in [2.45, 2.75) is 38.3 Å². The Hall–Kier alpha value is -2.70. The Morgan fingerprint density at radius 1 is 1.48 bits per heavy atom. The lowest BCUT2D eigenvalue weighted by atomic mass is 9.89. The summed E-state index contributed by atoms with van der Waals surface area (Å²) in [5.74, 6) is 0.611. The molecule has 9 heteroatoms. The molecule has 0 radical (unpaired) electrons. The van der Waals surface area contributed by atoms with Gasteiger partial charge in [0.1, 0.15) is 11.1 Å². The number of anilines is 1. The van der Waals surface area contributed by atoms with Crippen molar-refractivity contribution in [3.63, 3.8) is 0 Å². The van der Waals surface area contributed by atoms with Crippen LogP contribution in [0, 0.1) is 24.2 Å². The van der Waals surface area contributed by atoms with Gasteiger partial charge in [-0.15, -0.1) is 16.4 Å². The number of aryl methyl sites for hydroxylation is 1. The highest BCUT2D eigenvalue weighted by Crippen LogP contribution is 2.39. The molecule has 1 atom stereocenters. The summed E-state index contributed by atoms with van der Waals surface area (Å²) in [6.45, 7) is 4.23. The van der Waals surface area contributed by atoms with Crippen molar-refractivity contribution >= 4 is 34.0 Å². The summed E-state index contributed by atoms with van der Waals surface area (Å²) in [4.78, 5) is 13.8. The summed E-state index contributed by atoms with van der Waals surface area (Å²) >= 11 is 2.80. The zero-order valence-corrected chi connectivity index (χ0v) is 17.8. The van der Waals surface area contributed by atoms with E-state index >= 15 is 0 Å². The number of tetrazole rings is 1. The number of nitriles is 1. The first-order chi connectivity index (χ1) is 14.0. The lowest BCUT2D eigenvalue weighted by Gasteiger charge is -2.17. The van der Waals surface area contributed by atoms with Gasteiger partial charge in [0.2, 0.25) is 11.1 Å². The van der Waals surface area contributed by atoms with Gasteiger partial charge in [0, 0.05) is 4.88 Å². The topological polar surface area (TPSA) is 96.5 Å². The molecule has 3 aromatic rings. The second-order valence-corrected chi connectivity index (χ2v) is 9.26. The summed E-state index contributed by atoms with van der Waals surface area (Å²) < 4.78 is 1.62. The van der Waals surface area contributed by atoms with Crippen LogP contribution >= 0.6 is 23.1 Å². The number of nitrogens with zero attached hydrogens (tertiary/aromatic N) is 5. The fraction of sp³-hybridized carbons (Fsp3) is 0.350. The third-order valence-electron chi connectivity index (χ3n) is 4.90. The number of aromatic nitrogens is 4. The number of hydrogen-bond acceptors (Lipinski definition) is 7. The first-order valence-electron chi connectivity index (χ1n) is 9.38. The Bertz CT molecular complexity index is 1100. The number of hydrogen-bond donors (Lipinski definition) is 1. The van der Waals surface area contributed by atoms with Gasteiger partial charge in [0.25, 0.3) is 0 Å². The molecule has 7 nitrogen and oxygen atoms in total. The SMILES string of the molecule is Cc1cccc(-n2nnnc2SCC(=O)Nc2sc3c(c2C#N)CC[C@@H](C)C3)c1. The molecule has 4 rings (SSSR count). The molecule has 2 aromatic heterocycles. The van der Waals surface area contributed by atoms with E-state index in [1.165, 1.54) is 28.0 Å². The molecule has 0 aliphatic heterocycles. The van der Waals surface area contributed by atoms with Crippen molar-refractivity contribution in [3.05, 3.63) is 45.8 Å². The predicted octanol–water partition coefficient (Wildman–Crippen LogP) is 3.76. The number of thiophene rings is 1. The van der Waals surface area contributed by atoms with E-state index < -0.39 is 0 Å². The van der Waals surface area contributed by atoms with Crippen LogP contribution in [0.2, 0.25) is 0 Å². The van der Waals surface area contributed by atoms with Gasteiger partial charge in [-0.2, -0.15) is 9.94 Å². The lowest BCUT2D eigenvalue weighted by molar-refractivity contribution is -0.113. The van der Waals surface area contributed by atoms with E-state index in [0.29, 0.717) is 21.6 Å². The van der Waals surface area contributed by atoms with Crippen LogP contribution in [0.1, 0.15) is 34.9 Å². The minimum atomic E-state index is -0.170. The van der Waals surface area contributed by atoms with Crippen LogP contribution < -0.4 is 5.32 Å². The highest BCUT2D eigenvalue weighted by Gasteiger charge is 2.24. The minimum Gasteiger partial charge on any atom is -0.316 e. The molecular formula is C20H20N6OS2. The molecule has 1 aliphatic carbocycles. The summed E-state index contributed by atoms with van der Waals surface area (Å²) in [5, 5.41) is 25.5. The number of carbonyl (C=O) groups is 1. The van der Waals surface area contributed by atoms with Gasteiger partial charge < -0.3 is 5.32 Å². The van der Waals surface area contributed by atoms with E-state index in [1.807, 2.05) is 31.2 Å². The summed E-state index contributed by atoms with van der Waals surface area (Å²) in [6.07, 6.45) is 2.97. The summed E-state index contributed by atoms with van der Waals surface area (Å²) in [5.41, 5.74) is 3.69. The molecule has 0 unspecified atom stereocenters. The molecule has 2 heterocycles. The highest BCUT2D eigenvalue weighted by molar-refractivity contribution is 7.99. The predicted molar refractivity (Wildman–Crippen MR) is 113 cm³/mol. The zero-order valence-electron chi connectivity index (χ0n) is 16.2. The van der Waals surface area contributed by atoms with Crippen molar-refractivity contribution < 1.29 is 4.79 Å². The van der Waals surface area contributed by atoms with Gasteiger partial charge in [-0.3, -0.25) is 4.79 Å². The van der Waals surface area contributed by atoms with Gasteiger partial charge in [0.05, 0.1) is 17.0 Å². The van der Waals surface area contributed by atoms with Crippen LogP contribution in [-0.4, -0.2) is 31.9 Å². The number of fused-ring (bicyclic) bond motifs is 1. The Kier molecular flexibility index (Phi) is 5.65. The molecule has 0 spiro atoms. The second kappa shape index (κ2) is 8.35. The maximum absolute atomic E-state index is 12.5. The number of carbonyl (C=O) groups excluding carboxylic acids is 1. The second-order valence-electron chi connectivity index (χ2n) is 7.22. The molecular weight excluding hydrogens is 404 g/mol. The Balaban J connectivity index is 1.45. The van der Waals surface area contributed by atoms with E-state index in [-0.39, 0.29) is 11.7 Å². The van der Waals surface area contributed by atoms with Crippen molar-refractivity contribution in [3.8, 4) is 11.8 Å². The molecule has 1 amide bonds. The fourth-order valence-corrected chi connectivity index (χ4v) is 5.51. The first kappa shape index (κ1) is 19.6. The molecule has 1 aromatic carbocycles. The standard InChI is InChI=1S/C20H20N6OS2/c1-12-4-3-5-14(8-12)26-20(23-24-25-26)28-11-18(27)22-19-16(10-21)15-7-6-13(2)9-17(15)29-19/h3-5,8,13H,6-7,9,11H2,1-2H3,(H,22,27)/t13-/m1/s1. The number of amides is 1. The van der Waals surface area contributed by atoms with Gasteiger partial charge >= 0.3 is 0 Å². The van der Waals surface area contributed by atoms with Gasteiger partial charge in [-0.25, -0.2) is 0 Å². The van der Waals surface area contributed by atoms with E-state index in [9.17, 15) is 10.1 Å². The largest absolute Gasteiger partial charge is 0.316 e. The van der Waals surface area contributed by atoms with Gasteiger partial charge in [0.15, 0.2) is 0 Å². The van der Waals surface area contributed by atoms with Crippen molar-refractivity contribution in [1.82, 2.24) is 20.2 Å². The number of rotatable bonds is 5. The van der Waals surface area contributed by atoms with Gasteiger partial charge in [-0.1, -0.05) is 30.8 Å². The summed E-state index contributed by atoms with van der Waals surface area (Å²) in [6, 6.07) is 10.1. The monoisotopic (exact) mass is 424 g/mol. The molecule has 1 aliphatic rings. The van der Waals surface area contributed by atoms with Gasteiger partial charge in [-0.05, 0) is 65.8 Å². The third kappa shape index (κ3) is 4.18. The maximum atomic E-state index is 12.5. The lowest BCUT2D eigenvalue weighted by Crippen LogP contribution is -2.14. The summed E-state index contributed by atoms with van der Waals surface area (Å²) in [7, 11) is 0. The molecule has 1 N–H and O–H groups in total. The van der Waals surface area contributed by atoms with E-state index in [4.69, 9.17) is 0 Å². The normalized spacial score (nSPS) is 15.6. The molecule has 0 bridgehead atoms. The Labute approximate surface area is 177 Å². The molecule has 0 fully saturated rings. The molecule has 29 heavy (non-hydrogen) atoms. The van der Waals surface area contributed by atoms with Crippen molar-refractivity contribution in [2.24, 2.45) is 5.92 Å². The first-order valence-corrected chi connectivity index (χ1v) is 11.2. The third-order valence-corrected chi connectivity index (χ3v) is 6.99. The van der Waals surface area contributed by atoms with Crippen LogP contribution in [-0.2, 0) is 17.6 Å². The van der Waals surface area contributed by atoms with Crippen LogP contribution in [0.5, 0.6) is 0 Å². The number of nitrogens with one attached hydrogen (secondary N) is 1. The quantitative estimate of drug-likeness (QED) is 0.627. The van der Waals surface area contributed by atoms with E-state index in [2.05, 4.69) is 33.8 Å². The van der Waals surface area contributed by atoms with Crippen LogP contribution in [0.3, 0.4) is 0 Å². The van der Waals surface area contributed by atoms with Crippen LogP contribution in [0.25, 0.3) is 5.69 Å². The fourth-order valence-electron chi connectivity index (χ4n) is 3.44. The number of thioether (sulfide) groups is 1. The molecule has 0 saturated heterocycles. The molecule has 148 valence electrons. The smallest absolute Gasteiger partial charge is 0.235 e. The highest BCUT2D eigenvalue weighted by atomic mass is 32.2. The van der Waals surface area contributed by atoms with Crippen molar-refractivity contribution in [2.75, 3.05) is 11.1 Å². The number of benzene rings is 1. The zero-order chi connectivity index (χ0) is 20.4. The van der Waals surface area contributed by atoms with Crippen LogP contribution in [0.4, 0.5) is 5.00 Å². The van der Waals surface area contributed by atoms with E-state index in [0.717, 1.165) is 36.1 Å². The Morgan fingerprint density at radius 3 is 3.14 bits per heavy atom. The average Bonchev–Trinajstić information content (AvgIpc) is 3.29. The molecule has 0 saturated carbocycles. The minimum absolute atomic E-state index is 0.163. The Morgan fingerprint density at radius 2 is 2.34 bits per heavy atom. The van der Waals surface area contributed by atoms with Crippen molar-refractivity contribution in [1.29, 1.82) is 5.26 Å².